The molecule has 0 spiro atoms. The molecule has 3 nitrogen and oxygen atoms in total. The highest BCUT2D eigenvalue weighted by Crippen LogP contribution is 2.11. The van der Waals surface area contributed by atoms with Crippen molar-refractivity contribution in [3.8, 4) is 0 Å². The van der Waals surface area contributed by atoms with Crippen molar-refractivity contribution in [1.29, 1.82) is 0 Å². The fourth-order valence-electron chi connectivity index (χ4n) is 1.74. The van der Waals surface area contributed by atoms with E-state index in [0.717, 1.165) is 12.8 Å². The van der Waals surface area contributed by atoms with Crippen LogP contribution in [0, 0.1) is 5.92 Å². The minimum absolute atomic E-state index is 0.217. The van der Waals surface area contributed by atoms with E-state index < -0.39 is 6.16 Å². The maximum absolute atomic E-state index is 11.4. The Bertz CT molecular complexity index is 236. The van der Waals surface area contributed by atoms with Crippen molar-refractivity contribution in [1.82, 2.24) is 0 Å². The zero-order valence-electron chi connectivity index (χ0n) is 12.8. The monoisotopic (exact) mass is 270 g/mol. The van der Waals surface area contributed by atoms with Gasteiger partial charge in [-0.25, -0.2) is 4.79 Å². The van der Waals surface area contributed by atoms with Crippen LogP contribution in [0.4, 0.5) is 4.79 Å². The van der Waals surface area contributed by atoms with E-state index in [1.54, 1.807) is 6.08 Å². The van der Waals surface area contributed by atoms with Gasteiger partial charge in [0.15, 0.2) is 0 Å². The summed E-state index contributed by atoms with van der Waals surface area (Å²) in [6.07, 6.45) is 9.11. The van der Waals surface area contributed by atoms with E-state index >= 15 is 0 Å². The van der Waals surface area contributed by atoms with Crippen molar-refractivity contribution in [2.24, 2.45) is 5.92 Å². The van der Waals surface area contributed by atoms with Gasteiger partial charge in [0.2, 0.25) is 0 Å². The smallest absolute Gasteiger partial charge is 0.434 e. The molecule has 1 atom stereocenters. The molecule has 112 valence electrons. The maximum atomic E-state index is 11.4. The van der Waals surface area contributed by atoms with E-state index in [1.807, 2.05) is 13.8 Å². The summed E-state index contributed by atoms with van der Waals surface area (Å²) in [5.41, 5.74) is 0. The van der Waals surface area contributed by atoms with Crippen LogP contribution in [0.5, 0.6) is 0 Å². The minimum Gasteiger partial charge on any atom is -0.434 e. The number of hydrogen-bond donors (Lipinski definition) is 0. The van der Waals surface area contributed by atoms with E-state index in [2.05, 4.69) is 13.5 Å². The highest BCUT2D eigenvalue weighted by Gasteiger charge is 2.12. The largest absolute Gasteiger partial charge is 0.508 e. The highest BCUT2D eigenvalue weighted by molar-refractivity contribution is 5.60. The zero-order valence-corrected chi connectivity index (χ0v) is 12.8. The van der Waals surface area contributed by atoms with Gasteiger partial charge in [-0.1, -0.05) is 65.5 Å². The highest BCUT2D eigenvalue weighted by atomic mass is 16.7. The van der Waals surface area contributed by atoms with Gasteiger partial charge in [0.1, 0.15) is 6.10 Å². The molecule has 1 unspecified atom stereocenters. The topological polar surface area (TPSA) is 35.5 Å². The standard InChI is InChI=1S/C16H30O3/c1-5-7-8-9-10-11-12-15(6-2)19-16(17)18-13-14(3)4/h6,14-15H,2,5,7-13H2,1,3-4H3. The second kappa shape index (κ2) is 12.1. The SMILES string of the molecule is C=CC(CCCCCCCC)OC(=O)OCC(C)C. The Morgan fingerprint density at radius 1 is 1.16 bits per heavy atom. The van der Waals surface area contributed by atoms with Crippen molar-refractivity contribution in [2.45, 2.75) is 71.8 Å². The molecule has 0 N–H and O–H groups in total. The lowest BCUT2D eigenvalue weighted by atomic mass is 10.1. The van der Waals surface area contributed by atoms with Gasteiger partial charge in [-0.05, 0) is 18.8 Å². The van der Waals surface area contributed by atoms with Crippen molar-refractivity contribution in [2.75, 3.05) is 6.61 Å². The third-order valence-corrected chi connectivity index (χ3v) is 2.89. The molecule has 0 bridgehead atoms. The number of carbonyl (C=O) groups excluding carboxylic acids is 1. The van der Waals surface area contributed by atoms with Gasteiger partial charge in [0, 0.05) is 0 Å². The zero-order chi connectivity index (χ0) is 14.5. The fourth-order valence-corrected chi connectivity index (χ4v) is 1.74. The summed E-state index contributed by atoms with van der Waals surface area (Å²) >= 11 is 0. The molecular formula is C16H30O3. The lowest BCUT2D eigenvalue weighted by molar-refractivity contribution is 0.0281. The average molecular weight is 270 g/mol. The summed E-state index contributed by atoms with van der Waals surface area (Å²) in [6.45, 7) is 10.3. The molecule has 0 aromatic rings. The normalized spacial score (nSPS) is 12.2. The third-order valence-electron chi connectivity index (χ3n) is 2.89. The summed E-state index contributed by atoms with van der Waals surface area (Å²) in [6, 6.07) is 0. The second-order valence-corrected chi connectivity index (χ2v) is 5.40. The van der Waals surface area contributed by atoms with Crippen LogP contribution in [-0.4, -0.2) is 18.9 Å². The average Bonchev–Trinajstić information content (AvgIpc) is 2.39. The van der Waals surface area contributed by atoms with Gasteiger partial charge in [-0.2, -0.15) is 0 Å². The van der Waals surface area contributed by atoms with Gasteiger partial charge >= 0.3 is 6.16 Å². The number of rotatable bonds is 11. The first-order valence-corrected chi connectivity index (χ1v) is 7.56. The molecular weight excluding hydrogens is 240 g/mol. The maximum Gasteiger partial charge on any atom is 0.508 e. The molecule has 0 saturated heterocycles. The Balaban J connectivity index is 3.64. The van der Waals surface area contributed by atoms with Crippen LogP contribution < -0.4 is 0 Å². The van der Waals surface area contributed by atoms with E-state index in [0.29, 0.717) is 12.5 Å². The van der Waals surface area contributed by atoms with Gasteiger partial charge < -0.3 is 9.47 Å². The number of ether oxygens (including phenoxy) is 2. The lowest BCUT2D eigenvalue weighted by Gasteiger charge is -2.14. The third kappa shape index (κ3) is 11.8. The van der Waals surface area contributed by atoms with Crippen LogP contribution in [0.15, 0.2) is 12.7 Å². The summed E-state index contributed by atoms with van der Waals surface area (Å²) in [5.74, 6) is 0.327. The summed E-state index contributed by atoms with van der Waals surface area (Å²) in [7, 11) is 0. The number of carbonyl (C=O) groups is 1. The molecule has 0 fully saturated rings. The molecule has 0 heterocycles. The van der Waals surface area contributed by atoms with E-state index in [1.165, 1.54) is 32.1 Å². The molecule has 0 aromatic carbocycles. The minimum atomic E-state index is -0.579. The first kappa shape index (κ1) is 18.0. The van der Waals surface area contributed by atoms with E-state index in [4.69, 9.17) is 9.47 Å². The Labute approximate surface area is 118 Å². The predicted octanol–water partition coefficient (Wildman–Crippen LogP) is 5.10. The summed E-state index contributed by atoms with van der Waals surface area (Å²) in [5, 5.41) is 0. The molecule has 0 aromatic heterocycles. The molecule has 19 heavy (non-hydrogen) atoms. The summed E-state index contributed by atoms with van der Waals surface area (Å²) in [4.78, 5) is 11.4. The Morgan fingerprint density at radius 2 is 1.79 bits per heavy atom. The first-order chi connectivity index (χ1) is 9.10. The Morgan fingerprint density at radius 3 is 2.37 bits per heavy atom. The number of unbranched alkanes of at least 4 members (excludes halogenated alkanes) is 5. The molecule has 0 amide bonds. The van der Waals surface area contributed by atoms with Gasteiger partial charge in [0.05, 0.1) is 6.61 Å². The van der Waals surface area contributed by atoms with Gasteiger partial charge in [-0.15, -0.1) is 0 Å². The molecule has 3 heteroatoms. The van der Waals surface area contributed by atoms with E-state index in [9.17, 15) is 4.79 Å². The molecule has 0 aliphatic heterocycles. The van der Waals surface area contributed by atoms with Crippen LogP contribution in [0.25, 0.3) is 0 Å². The van der Waals surface area contributed by atoms with Crippen LogP contribution >= 0.6 is 0 Å². The first-order valence-electron chi connectivity index (χ1n) is 7.56. The second-order valence-electron chi connectivity index (χ2n) is 5.40. The van der Waals surface area contributed by atoms with Crippen molar-refractivity contribution >= 4 is 6.16 Å². The van der Waals surface area contributed by atoms with Crippen molar-refractivity contribution in [3.05, 3.63) is 12.7 Å². The number of hydrogen-bond acceptors (Lipinski definition) is 3. The van der Waals surface area contributed by atoms with Crippen molar-refractivity contribution in [3.63, 3.8) is 0 Å². The van der Waals surface area contributed by atoms with Crippen LogP contribution in [0.3, 0.4) is 0 Å². The van der Waals surface area contributed by atoms with Gasteiger partial charge in [0.25, 0.3) is 0 Å². The molecule has 0 aliphatic carbocycles. The quantitative estimate of drug-likeness (QED) is 0.297. The fraction of sp³-hybridized carbons (Fsp3) is 0.812. The molecule has 0 aliphatic rings. The van der Waals surface area contributed by atoms with Gasteiger partial charge in [-0.3, -0.25) is 0 Å². The van der Waals surface area contributed by atoms with E-state index in [-0.39, 0.29) is 6.10 Å². The molecule has 0 radical (unpaired) electrons. The van der Waals surface area contributed by atoms with Crippen LogP contribution in [0.1, 0.15) is 65.7 Å². The predicted molar refractivity (Wildman–Crippen MR) is 79.2 cm³/mol. The van der Waals surface area contributed by atoms with Crippen LogP contribution in [0.2, 0.25) is 0 Å². The van der Waals surface area contributed by atoms with Crippen molar-refractivity contribution < 1.29 is 14.3 Å². The Kier molecular flexibility index (Phi) is 11.4. The lowest BCUT2D eigenvalue weighted by Crippen LogP contribution is -2.18. The molecule has 0 saturated carbocycles. The molecule has 0 rings (SSSR count). The van der Waals surface area contributed by atoms with Crippen LogP contribution in [-0.2, 0) is 9.47 Å². The Hall–Kier alpha value is -0.990. The summed E-state index contributed by atoms with van der Waals surface area (Å²) < 4.78 is 10.2.